The second-order valence-corrected chi connectivity index (χ2v) is 5.77. The van der Waals surface area contributed by atoms with Gasteiger partial charge in [0.2, 0.25) is 0 Å². The first kappa shape index (κ1) is 14.2. The van der Waals surface area contributed by atoms with Gasteiger partial charge in [0.15, 0.2) is 0 Å². The Kier molecular flexibility index (Phi) is 4.75. The average molecular weight is 238 g/mol. The number of hydrogen-bond donors (Lipinski definition) is 1. The first-order valence-electron chi connectivity index (χ1n) is 6.61. The second kappa shape index (κ2) is 5.67. The van der Waals surface area contributed by atoms with E-state index in [4.69, 9.17) is 0 Å². The molecular formula is C14H26N2O. The maximum Gasteiger partial charge on any atom is 0.0718 e. The highest BCUT2D eigenvalue weighted by Crippen LogP contribution is 2.22. The van der Waals surface area contributed by atoms with Crippen molar-refractivity contribution in [3.05, 3.63) is 17.0 Å². The summed E-state index contributed by atoms with van der Waals surface area (Å²) in [6.45, 7) is 12.0. The lowest BCUT2D eigenvalue weighted by Gasteiger charge is -2.18. The third-order valence-corrected chi connectivity index (χ3v) is 3.15. The molecule has 0 saturated carbocycles. The van der Waals surface area contributed by atoms with Crippen LogP contribution >= 0.6 is 0 Å². The molecule has 1 aromatic heterocycles. The van der Waals surface area contributed by atoms with E-state index in [1.165, 1.54) is 5.69 Å². The average Bonchev–Trinajstić information content (AvgIpc) is 2.62. The molecule has 0 aliphatic heterocycles. The molecule has 0 saturated heterocycles. The maximum absolute atomic E-state index is 9.45. The third-order valence-electron chi connectivity index (χ3n) is 3.15. The number of nitrogens with zero attached hydrogens (tertiary/aromatic N) is 2. The van der Waals surface area contributed by atoms with E-state index < -0.39 is 0 Å². The SMILES string of the molecule is CCc1nn(CCC(C)(C)C)c(CC)c1CO. The van der Waals surface area contributed by atoms with E-state index in [-0.39, 0.29) is 6.61 Å². The number of rotatable bonds is 5. The van der Waals surface area contributed by atoms with Crippen molar-refractivity contribution in [2.45, 2.75) is 67.0 Å². The lowest BCUT2D eigenvalue weighted by molar-refractivity contribution is 0.279. The molecular weight excluding hydrogens is 212 g/mol. The van der Waals surface area contributed by atoms with Crippen molar-refractivity contribution in [3.8, 4) is 0 Å². The molecule has 0 aliphatic carbocycles. The maximum atomic E-state index is 9.45. The summed E-state index contributed by atoms with van der Waals surface area (Å²) in [4.78, 5) is 0. The largest absolute Gasteiger partial charge is 0.392 e. The zero-order chi connectivity index (χ0) is 13.1. The molecule has 3 heteroatoms. The smallest absolute Gasteiger partial charge is 0.0718 e. The van der Waals surface area contributed by atoms with Gasteiger partial charge in [0.25, 0.3) is 0 Å². The van der Waals surface area contributed by atoms with Crippen LogP contribution in [-0.2, 0) is 26.0 Å². The number of aliphatic hydroxyl groups excluding tert-OH is 1. The van der Waals surface area contributed by atoms with Gasteiger partial charge in [0.05, 0.1) is 12.3 Å². The molecule has 1 heterocycles. The van der Waals surface area contributed by atoms with Crippen molar-refractivity contribution >= 4 is 0 Å². The molecule has 1 aromatic rings. The summed E-state index contributed by atoms with van der Waals surface area (Å²) in [6, 6.07) is 0. The Morgan fingerprint density at radius 2 is 1.82 bits per heavy atom. The van der Waals surface area contributed by atoms with Crippen LogP contribution in [0.3, 0.4) is 0 Å². The third kappa shape index (κ3) is 3.56. The molecule has 3 nitrogen and oxygen atoms in total. The Hall–Kier alpha value is -0.830. The van der Waals surface area contributed by atoms with Crippen molar-refractivity contribution in [2.24, 2.45) is 5.41 Å². The minimum absolute atomic E-state index is 0.113. The fraction of sp³-hybridized carbons (Fsp3) is 0.786. The predicted octanol–water partition coefficient (Wildman–Crippen LogP) is 2.94. The first-order valence-corrected chi connectivity index (χ1v) is 6.61. The van der Waals surface area contributed by atoms with Crippen molar-refractivity contribution in [1.82, 2.24) is 9.78 Å². The van der Waals surface area contributed by atoms with Crippen molar-refractivity contribution in [2.75, 3.05) is 0 Å². The summed E-state index contributed by atoms with van der Waals surface area (Å²) in [7, 11) is 0. The normalized spacial score (nSPS) is 12.1. The van der Waals surface area contributed by atoms with Gasteiger partial charge in [-0.05, 0) is 24.7 Å². The Morgan fingerprint density at radius 1 is 1.18 bits per heavy atom. The van der Waals surface area contributed by atoms with Crippen LogP contribution in [0.4, 0.5) is 0 Å². The topological polar surface area (TPSA) is 38.0 Å². The Labute approximate surface area is 105 Å². The highest BCUT2D eigenvalue weighted by Gasteiger charge is 2.16. The van der Waals surface area contributed by atoms with E-state index in [1.54, 1.807) is 0 Å². The van der Waals surface area contributed by atoms with Gasteiger partial charge in [-0.1, -0.05) is 34.6 Å². The van der Waals surface area contributed by atoms with Gasteiger partial charge < -0.3 is 5.11 Å². The number of aryl methyl sites for hydroxylation is 2. The van der Waals surface area contributed by atoms with Crippen LogP contribution < -0.4 is 0 Å². The van der Waals surface area contributed by atoms with Gasteiger partial charge in [0, 0.05) is 17.8 Å². The fourth-order valence-electron chi connectivity index (χ4n) is 2.08. The molecule has 0 atom stereocenters. The monoisotopic (exact) mass is 238 g/mol. The molecule has 1 rings (SSSR count). The molecule has 0 bridgehead atoms. The Balaban J connectivity index is 2.95. The molecule has 0 radical (unpaired) electrons. The molecule has 0 amide bonds. The van der Waals surface area contributed by atoms with Gasteiger partial charge >= 0.3 is 0 Å². The van der Waals surface area contributed by atoms with E-state index in [0.29, 0.717) is 5.41 Å². The van der Waals surface area contributed by atoms with Crippen LogP contribution in [0.5, 0.6) is 0 Å². The highest BCUT2D eigenvalue weighted by atomic mass is 16.3. The van der Waals surface area contributed by atoms with Crippen LogP contribution in [-0.4, -0.2) is 14.9 Å². The van der Waals surface area contributed by atoms with Crippen LogP contribution in [0.25, 0.3) is 0 Å². The standard InChI is InChI=1S/C14H26N2O/c1-6-12-11(10-17)13(7-2)16(15-12)9-8-14(3,4)5/h17H,6-10H2,1-5H3. The molecule has 0 spiro atoms. The summed E-state index contributed by atoms with van der Waals surface area (Å²) >= 11 is 0. The van der Waals surface area contributed by atoms with Crippen molar-refractivity contribution in [3.63, 3.8) is 0 Å². The van der Waals surface area contributed by atoms with Gasteiger partial charge in [-0.3, -0.25) is 4.68 Å². The summed E-state index contributed by atoms with van der Waals surface area (Å²) in [5.41, 5.74) is 3.62. The summed E-state index contributed by atoms with van der Waals surface area (Å²) < 4.78 is 2.09. The van der Waals surface area contributed by atoms with Gasteiger partial charge in [0.1, 0.15) is 0 Å². The molecule has 1 N–H and O–H groups in total. The van der Waals surface area contributed by atoms with Crippen LogP contribution in [0.15, 0.2) is 0 Å². The molecule has 0 aromatic carbocycles. The van der Waals surface area contributed by atoms with Gasteiger partial charge in [-0.25, -0.2) is 0 Å². The van der Waals surface area contributed by atoms with E-state index >= 15 is 0 Å². The second-order valence-electron chi connectivity index (χ2n) is 5.77. The van der Waals surface area contributed by atoms with E-state index in [1.807, 2.05) is 0 Å². The van der Waals surface area contributed by atoms with Crippen molar-refractivity contribution in [1.29, 1.82) is 0 Å². The molecule has 17 heavy (non-hydrogen) atoms. The first-order chi connectivity index (χ1) is 7.92. The number of hydrogen-bond acceptors (Lipinski definition) is 2. The number of aromatic nitrogens is 2. The van der Waals surface area contributed by atoms with Crippen molar-refractivity contribution < 1.29 is 5.11 Å². The molecule has 98 valence electrons. The van der Waals surface area contributed by atoms with Gasteiger partial charge in [-0.15, -0.1) is 0 Å². The predicted molar refractivity (Wildman–Crippen MR) is 71.0 cm³/mol. The Bertz CT molecular complexity index is 361. The quantitative estimate of drug-likeness (QED) is 0.856. The van der Waals surface area contributed by atoms with E-state index in [0.717, 1.165) is 37.1 Å². The number of aliphatic hydroxyl groups is 1. The Morgan fingerprint density at radius 3 is 2.24 bits per heavy atom. The molecule has 0 fully saturated rings. The lowest BCUT2D eigenvalue weighted by Crippen LogP contribution is -2.13. The lowest BCUT2D eigenvalue weighted by atomic mass is 9.92. The summed E-state index contributed by atoms with van der Waals surface area (Å²) in [5.74, 6) is 0. The summed E-state index contributed by atoms with van der Waals surface area (Å²) in [5, 5.41) is 14.1. The minimum atomic E-state index is 0.113. The van der Waals surface area contributed by atoms with Crippen LogP contribution in [0, 0.1) is 5.41 Å². The van der Waals surface area contributed by atoms with E-state index in [9.17, 15) is 5.11 Å². The minimum Gasteiger partial charge on any atom is -0.392 e. The van der Waals surface area contributed by atoms with E-state index in [2.05, 4.69) is 44.4 Å². The van der Waals surface area contributed by atoms with Gasteiger partial charge in [-0.2, -0.15) is 5.10 Å². The zero-order valence-electron chi connectivity index (χ0n) is 11.9. The van der Waals surface area contributed by atoms with Crippen LogP contribution in [0.1, 0.15) is 58.0 Å². The molecule has 0 unspecified atom stereocenters. The zero-order valence-corrected chi connectivity index (χ0v) is 11.9. The van der Waals surface area contributed by atoms with Crippen LogP contribution in [0.2, 0.25) is 0 Å². The molecule has 0 aliphatic rings. The highest BCUT2D eigenvalue weighted by molar-refractivity contribution is 5.25. The fourth-order valence-corrected chi connectivity index (χ4v) is 2.08. The summed E-state index contributed by atoms with van der Waals surface area (Å²) in [6.07, 6.45) is 2.94.